The molecule has 0 spiro atoms. The van der Waals surface area contributed by atoms with Crippen LogP contribution in [0.2, 0.25) is 0 Å². The molecule has 2 heterocycles. The number of rotatable bonds is 11. The molecule has 0 unspecified atom stereocenters. The van der Waals surface area contributed by atoms with Crippen LogP contribution in [0.4, 0.5) is 0 Å². The van der Waals surface area contributed by atoms with E-state index in [0.717, 1.165) is 0 Å². The predicted molar refractivity (Wildman–Crippen MR) is 102 cm³/mol. The lowest BCUT2D eigenvalue weighted by atomic mass is 9.98. The minimum absolute atomic E-state index is 0.0623. The fraction of sp³-hybridized carbons (Fsp3) is 0.944. The highest BCUT2D eigenvalue weighted by Gasteiger charge is 2.47. The highest BCUT2D eigenvalue weighted by atomic mass is 16.7. The van der Waals surface area contributed by atoms with Gasteiger partial charge in [-0.1, -0.05) is 0 Å². The molecule has 0 aromatic carbocycles. The van der Waals surface area contributed by atoms with Gasteiger partial charge in [-0.25, -0.2) is 0 Å². The van der Waals surface area contributed by atoms with Crippen LogP contribution in [0.1, 0.15) is 0 Å². The monoisotopic (exact) mass is 504 g/mol. The maximum Gasteiger partial charge on any atom is 0.186 e. The second-order valence-electron chi connectivity index (χ2n) is 8.05. The Morgan fingerprint density at radius 1 is 0.706 bits per heavy atom. The van der Waals surface area contributed by atoms with Crippen LogP contribution in [0.5, 0.6) is 0 Å². The first-order valence-corrected chi connectivity index (χ1v) is 10.4. The molecule has 2 aliphatic heterocycles. The van der Waals surface area contributed by atoms with Crippen molar-refractivity contribution in [2.24, 2.45) is 0 Å². The highest BCUT2D eigenvalue weighted by Crippen LogP contribution is 2.26. The minimum atomic E-state index is -2.04. The molecule has 0 aromatic heterocycles. The standard InChI is InChI=1S/C18H32O16/c19-1-5(21)9(23)10(24)6(22)3-31-17-16(30)14(28)12(26)8(34-17)4-32-18-15(29)13(27)11(25)7(2-20)33-18/h1,5-18,20-30H,2-4H2/t5-,6+,7-,8+,9+,10+,11-,12+,13+,14-,15-,16+,17-,18+/m0/s1. The Morgan fingerprint density at radius 2 is 1.21 bits per heavy atom. The average molecular weight is 504 g/mol. The van der Waals surface area contributed by atoms with E-state index in [9.17, 15) is 61.0 Å². The first-order valence-electron chi connectivity index (χ1n) is 10.4. The van der Waals surface area contributed by atoms with Crippen molar-refractivity contribution in [3.8, 4) is 0 Å². The minimum Gasteiger partial charge on any atom is -0.394 e. The summed E-state index contributed by atoms with van der Waals surface area (Å²) in [7, 11) is 0. The average Bonchev–Trinajstić information content (AvgIpc) is 2.84. The summed E-state index contributed by atoms with van der Waals surface area (Å²) in [5.41, 5.74) is 0. The third kappa shape index (κ3) is 6.64. The van der Waals surface area contributed by atoms with Crippen molar-refractivity contribution in [3.05, 3.63) is 0 Å². The largest absolute Gasteiger partial charge is 0.394 e. The molecule has 34 heavy (non-hydrogen) atoms. The number of carbonyl (C=O) groups is 1. The van der Waals surface area contributed by atoms with Gasteiger partial charge in [-0.05, 0) is 0 Å². The maximum atomic E-state index is 10.5. The summed E-state index contributed by atoms with van der Waals surface area (Å²) in [6.07, 6.45) is -24.4. The lowest BCUT2D eigenvalue weighted by Crippen LogP contribution is -2.62. The highest BCUT2D eigenvalue weighted by molar-refractivity contribution is 5.56. The van der Waals surface area contributed by atoms with Gasteiger partial charge in [0.1, 0.15) is 73.2 Å². The molecular formula is C18H32O16. The Balaban J connectivity index is 1.96. The van der Waals surface area contributed by atoms with Crippen LogP contribution < -0.4 is 0 Å². The number of hydrogen-bond acceptors (Lipinski definition) is 16. The SMILES string of the molecule is O=C[C@H](O)[C@@H](O)[C@H](O)[C@H](O)CO[C@H]1O[C@H](CO[C@@H]2O[C@@H](CO)[C@H](O)[C@@H](O)[C@@H]2O)[C@@H](O)[C@H](O)[C@H]1O. The normalized spacial score (nSPS) is 42.6. The van der Waals surface area contributed by atoms with Crippen LogP contribution in [0.25, 0.3) is 0 Å². The molecule has 0 amide bonds. The lowest BCUT2D eigenvalue weighted by Gasteiger charge is -2.42. The van der Waals surface area contributed by atoms with Crippen molar-refractivity contribution in [1.29, 1.82) is 0 Å². The molecule has 0 radical (unpaired) electrons. The smallest absolute Gasteiger partial charge is 0.186 e. The fourth-order valence-electron chi connectivity index (χ4n) is 3.39. The van der Waals surface area contributed by atoms with E-state index in [2.05, 4.69) is 0 Å². The van der Waals surface area contributed by atoms with E-state index >= 15 is 0 Å². The van der Waals surface area contributed by atoms with Crippen LogP contribution in [0, 0.1) is 0 Å². The molecule has 0 aromatic rings. The van der Waals surface area contributed by atoms with Crippen molar-refractivity contribution >= 4 is 6.29 Å². The molecular weight excluding hydrogens is 472 g/mol. The first kappa shape index (κ1) is 29.3. The molecule has 2 aliphatic rings. The van der Waals surface area contributed by atoms with Gasteiger partial charge >= 0.3 is 0 Å². The maximum absolute atomic E-state index is 10.5. The quantitative estimate of drug-likeness (QED) is 0.117. The zero-order chi connectivity index (χ0) is 25.7. The number of aliphatic hydroxyl groups excluding tert-OH is 11. The van der Waals surface area contributed by atoms with E-state index in [4.69, 9.17) is 18.9 Å². The van der Waals surface area contributed by atoms with Gasteiger partial charge in [0, 0.05) is 0 Å². The molecule has 2 rings (SSSR count). The van der Waals surface area contributed by atoms with E-state index in [-0.39, 0.29) is 6.29 Å². The van der Waals surface area contributed by atoms with Crippen LogP contribution in [0.3, 0.4) is 0 Å². The Labute approximate surface area is 192 Å². The summed E-state index contributed by atoms with van der Waals surface area (Å²) in [5.74, 6) is 0. The lowest BCUT2D eigenvalue weighted by molar-refractivity contribution is -0.333. The number of aliphatic hydroxyl groups is 11. The van der Waals surface area contributed by atoms with Crippen LogP contribution in [0.15, 0.2) is 0 Å². The number of aldehydes is 1. The number of carbonyl (C=O) groups excluding carboxylic acids is 1. The van der Waals surface area contributed by atoms with E-state index in [1.165, 1.54) is 0 Å². The predicted octanol–water partition coefficient (Wildman–Crippen LogP) is -7.73. The number of ether oxygens (including phenoxy) is 4. The third-order valence-corrected chi connectivity index (χ3v) is 5.61. The zero-order valence-corrected chi connectivity index (χ0v) is 17.7. The fourth-order valence-corrected chi connectivity index (χ4v) is 3.39. The van der Waals surface area contributed by atoms with E-state index < -0.39 is 106 Å². The molecule has 0 saturated carbocycles. The van der Waals surface area contributed by atoms with E-state index in [1.807, 2.05) is 0 Å². The summed E-state index contributed by atoms with van der Waals surface area (Å²) >= 11 is 0. The molecule has 2 saturated heterocycles. The van der Waals surface area contributed by atoms with Gasteiger partial charge in [0.2, 0.25) is 0 Å². The summed E-state index contributed by atoms with van der Waals surface area (Å²) in [4.78, 5) is 10.5. The van der Waals surface area contributed by atoms with E-state index in [0.29, 0.717) is 0 Å². The van der Waals surface area contributed by atoms with Crippen molar-refractivity contribution in [1.82, 2.24) is 0 Å². The third-order valence-electron chi connectivity index (χ3n) is 5.61. The van der Waals surface area contributed by atoms with Crippen LogP contribution >= 0.6 is 0 Å². The molecule has 16 nitrogen and oxygen atoms in total. The zero-order valence-electron chi connectivity index (χ0n) is 17.7. The van der Waals surface area contributed by atoms with Crippen molar-refractivity contribution in [3.63, 3.8) is 0 Å². The van der Waals surface area contributed by atoms with Crippen LogP contribution in [-0.4, -0.2) is 168 Å². The Bertz CT molecular complexity index is 623. The molecule has 0 aliphatic carbocycles. The number of hydrogen-bond donors (Lipinski definition) is 11. The molecule has 200 valence electrons. The Morgan fingerprint density at radius 3 is 1.74 bits per heavy atom. The molecule has 0 bridgehead atoms. The Kier molecular flexibility index (Phi) is 11.1. The molecule has 16 heteroatoms. The van der Waals surface area contributed by atoms with Gasteiger partial charge in [0.05, 0.1) is 19.8 Å². The van der Waals surface area contributed by atoms with Gasteiger partial charge in [-0.2, -0.15) is 0 Å². The van der Waals surface area contributed by atoms with Crippen molar-refractivity contribution in [2.45, 2.75) is 85.8 Å². The van der Waals surface area contributed by atoms with Crippen molar-refractivity contribution in [2.75, 3.05) is 19.8 Å². The van der Waals surface area contributed by atoms with Gasteiger partial charge in [0.15, 0.2) is 18.9 Å². The molecule has 14 atom stereocenters. The van der Waals surface area contributed by atoms with E-state index in [1.54, 1.807) is 0 Å². The van der Waals surface area contributed by atoms with Crippen LogP contribution in [-0.2, 0) is 23.7 Å². The first-order chi connectivity index (χ1) is 15.9. The Hall–Kier alpha value is -0.930. The molecule has 2 fully saturated rings. The van der Waals surface area contributed by atoms with Gasteiger partial charge < -0.3 is 79.9 Å². The summed E-state index contributed by atoms with van der Waals surface area (Å²) in [6, 6.07) is 0. The second-order valence-corrected chi connectivity index (χ2v) is 8.05. The van der Waals surface area contributed by atoms with Gasteiger partial charge in [0.25, 0.3) is 0 Å². The summed E-state index contributed by atoms with van der Waals surface area (Å²) in [6.45, 7) is -2.13. The van der Waals surface area contributed by atoms with Gasteiger partial charge in [-0.3, -0.25) is 0 Å². The topological polar surface area (TPSA) is 277 Å². The second kappa shape index (κ2) is 12.9. The van der Waals surface area contributed by atoms with Crippen molar-refractivity contribution < 1.29 is 79.9 Å². The summed E-state index contributed by atoms with van der Waals surface area (Å²) in [5, 5.41) is 107. The van der Waals surface area contributed by atoms with Gasteiger partial charge in [-0.15, -0.1) is 0 Å². The summed E-state index contributed by atoms with van der Waals surface area (Å²) < 4.78 is 20.8. The molecule has 11 N–H and O–H groups in total.